The largest absolute Gasteiger partial charge is 0.357 e. The van der Waals surface area contributed by atoms with Crippen LogP contribution >= 0.6 is 11.6 Å². The molecule has 0 radical (unpaired) electrons. The lowest BCUT2D eigenvalue weighted by molar-refractivity contribution is -0.125. The summed E-state index contributed by atoms with van der Waals surface area (Å²) in [6.07, 6.45) is 3.38. The lowest BCUT2D eigenvalue weighted by atomic mass is 9.96. The molecule has 0 aliphatic carbocycles. The van der Waals surface area contributed by atoms with Crippen LogP contribution in [0.4, 0.5) is 5.82 Å². The van der Waals surface area contributed by atoms with Gasteiger partial charge < -0.3 is 15.1 Å². The zero-order valence-electron chi connectivity index (χ0n) is 15.8. The van der Waals surface area contributed by atoms with Crippen molar-refractivity contribution in [3.63, 3.8) is 0 Å². The van der Waals surface area contributed by atoms with Crippen LogP contribution in [0, 0.1) is 5.92 Å². The van der Waals surface area contributed by atoms with Gasteiger partial charge in [-0.05, 0) is 37.6 Å². The molecule has 1 fully saturated rings. The minimum atomic E-state index is 0.0907. The zero-order valence-corrected chi connectivity index (χ0v) is 16.5. The molecule has 0 bridgehead atoms. The Hall–Kier alpha value is -2.11. The lowest BCUT2D eigenvalue weighted by Crippen LogP contribution is -2.42. The molecular formula is C21H27ClN4O. The van der Waals surface area contributed by atoms with Gasteiger partial charge in [-0.15, -0.1) is 0 Å². The first-order chi connectivity index (χ1) is 13.1. The molecule has 0 unspecified atom stereocenters. The molecule has 1 aromatic heterocycles. The SMILES string of the molecule is CN(CCNC(=O)C1CCN(c2ccc(Cl)cn2)CC1)Cc1ccccc1. The van der Waals surface area contributed by atoms with Crippen LogP contribution in [0.2, 0.25) is 5.02 Å². The first-order valence-electron chi connectivity index (χ1n) is 9.48. The van der Waals surface area contributed by atoms with Crippen LogP contribution in [0.25, 0.3) is 0 Å². The Bertz CT molecular complexity index is 715. The fraction of sp³-hybridized carbons (Fsp3) is 0.429. The van der Waals surface area contributed by atoms with Crippen LogP contribution in [-0.2, 0) is 11.3 Å². The first kappa shape index (κ1) is 19.6. The third-order valence-electron chi connectivity index (χ3n) is 4.99. The number of halogens is 1. The van der Waals surface area contributed by atoms with Gasteiger partial charge in [-0.25, -0.2) is 4.98 Å². The van der Waals surface area contributed by atoms with Gasteiger partial charge in [-0.3, -0.25) is 4.79 Å². The Kier molecular flexibility index (Phi) is 7.07. The highest BCUT2D eigenvalue weighted by Gasteiger charge is 2.25. The highest BCUT2D eigenvalue weighted by Crippen LogP contribution is 2.22. The number of likely N-dealkylation sites (N-methyl/N-ethyl adjacent to an activating group) is 1. The van der Waals surface area contributed by atoms with Crippen molar-refractivity contribution in [1.29, 1.82) is 0 Å². The maximum absolute atomic E-state index is 12.4. The summed E-state index contributed by atoms with van der Waals surface area (Å²) in [5.74, 6) is 1.20. The molecule has 3 rings (SSSR count). The molecule has 0 atom stereocenters. The van der Waals surface area contributed by atoms with E-state index in [1.165, 1.54) is 5.56 Å². The monoisotopic (exact) mass is 386 g/mol. The highest BCUT2D eigenvalue weighted by atomic mass is 35.5. The number of hydrogen-bond acceptors (Lipinski definition) is 4. The quantitative estimate of drug-likeness (QED) is 0.793. The van der Waals surface area contributed by atoms with Crippen LogP contribution in [0.5, 0.6) is 0 Å². The molecule has 1 aliphatic heterocycles. The summed E-state index contributed by atoms with van der Waals surface area (Å²) in [6.45, 7) is 4.11. The molecule has 1 saturated heterocycles. The summed E-state index contributed by atoms with van der Waals surface area (Å²) in [5, 5.41) is 3.74. The van der Waals surface area contributed by atoms with Crippen molar-refractivity contribution < 1.29 is 4.79 Å². The smallest absolute Gasteiger partial charge is 0.223 e. The number of pyridine rings is 1. The van der Waals surface area contributed by atoms with Crippen LogP contribution in [0.15, 0.2) is 48.7 Å². The summed E-state index contributed by atoms with van der Waals surface area (Å²) < 4.78 is 0. The number of carbonyl (C=O) groups is 1. The van der Waals surface area contributed by atoms with Crippen LogP contribution in [0.3, 0.4) is 0 Å². The third kappa shape index (κ3) is 5.94. The number of carbonyl (C=O) groups excluding carboxylic acids is 1. The normalized spacial score (nSPS) is 15.1. The van der Waals surface area contributed by atoms with Gasteiger partial charge >= 0.3 is 0 Å². The molecule has 1 aliphatic rings. The standard InChI is InChI=1S/C21H27ClN4O/c1-25(16-17-5-3-2-4-6-17)14-11-23-21(27)18-9-12-26(13-10-18)20-8-7-19(22)15-24-20/h2-8,15,18H,9-14,16H2,1H3,(H,23,27). The van der Waals surface area contributed by atoms with Gasteiger partial charge in [0, 0.05) is 44.8 Å². The van der Waals surface area contributed by atoms with Crippen molar-refractivity contribution in [3.05, 3.63) is 59.2 Å². The Morgan fingerprint density at radius 3 is 2.63 bits per heavy atom. The number of amides is 1. The van der Waals surface area contributed by atoms with Crippen LogP contribution in [0.1, 0.15) is 18.4 Å². The number of piperidine rings is 1. The maximum Gasteiger partial charge on any atom is 0.223 e. The molecule has 2 heterocycles. The van der Waals surface area contributed by atoms with E-state index in [0.717, 1.165) is 44.8 Å². The molecule has 6 heteroatoms. The molecule has 27 heavy (non-hydrogen) atoms. The summed E-state index contributed by atoms with van der Waals surface area (Å²) in [4.78, 5) is 21.3. The minimum Gasteiger partial charge on any atom is -0.357 e. The van der Waals surface area contributed by atoms with E-state index < -0.39 is 0 Å². The van der Waals surface area contributed by atoms with Gasteiger partial charge in [0.25, 0.3) is 0 Å². The fourth-order valence-electron chi connectivity index (χ4n) is 3.41. The van der Waals surface area contributed by atoms with Crippen molar-refractivity contribution in [1.82, 2.24) is 15.2 Å². The Labute approximate surface area is 166 Å². The van der Waals surface area contributed by atoms with E-state index in [4.69, 9.17) is 11.6 Å². The molecule has 5 nitrogen and oxygen atoms in total. The molecule has 1 amide bonds. The van der Waals surface area contributed by atoms with Gasteiger partial charge in [-0.2, -0.15) is 0 Å². The Morgan fingerprint density at radius 1 is 1.22 bits per heavy atom. The molecule has 0 spiro atoms. The summed E-state index contributed by atoms with van der Waals surface area (Å²) >= 11 is 5.89. The second-order valence-electron chi connectivity index (χ2n) is 7.11. The van der Waals surface area contributed by atoms with Crippen molar-refractivity contribution >= 4 is 23.3 Å². The summed E-state index contributed by atoms with van der Waals surface area (Å²) in [6, 6.07) is 14.2. The second kappa shape index (κ2) is 9.72. The molecule has 1 N–H and O–H groups in total. The lowest BCUT2D eigenvalue weighted by Gasteiger charge is -2.32. The number of benzene rings is 1. The van der Waals surface area contributed by atoms with E-state index in [0.29, 0.717) is 11.6 Å². The highest BCUT2D eigenvalue weighted by molar-refractivity contribution is 6.30. The zero-order chi connectivity index (χ0) is 19.1. The fourth-order valence-corrected chi connectivity index (χ4v) is 3.53. The first-order valence-corrected chi connectivity index (χ1v) is 9.86. The molecule has 144 valence electrons. The van der Waals surface area contributed by atoms with Gasteiger partial charge in [0.1, 0.15) is 5.82 Å². The van der Waals surface area contributed by atoms with Gasteiger partial charge in [-0.1, -0.05) is 41.9 Å². The Balaban J connectivity index is 1.36. The van der Waals surface area contributed by atoms with Crippen molar-refractivity contribution in [2.24, 2.45) is 5.92 Å². The van der Waals surface area contributed by atoms with E-state index in [-0.39, 0.29) is 11.8 Å². The summed E-state index contributed by atoms with van der Waals surface area (Å²) in [7, 11) is 2.08. The molecule has 0 saturated carbocycles. The second-order valence-corrected chi connectivity index (χ2v) is 7.55. The van der Waals surface area contributed by atoms with Crippen molar-refractivity contribution in [2.45, 2.75) is 19.4 Å². The summed E-state index contributed by atoms with van der Waals surface area (Å²) in [5.41, 5.74) is 1.29. The number of anilines is 1. The van der Waals surface area contributed by atoms with Crippen molar-refractivity contribution in [3.8, 4) is 0 Å². The predicted molar refractivity (Wildman–Crippen MR) is 110 cm³/mol. The van der Waals surface area contributed by atoms with Crippen molar-refractivity contribution in [2.75, 3.05) is 38.1 Å². The topological polar surface area (TPSA) is 48.5 Å². The number of nitrogens with one attached hydrogen (secondary N) is 1. The average molecular weight is 387 g/mol. The number of nitrogens with zero attached hydrogens (tertiary/aromatic N) is 3. The van der Waals surface area contributed by atoms with Gasteiger partial charge in [0.05, 0.1) is 5.02 Å². The third-order valence-corrected chi connectivity index (χ3v) is 5.21. The minimum absolute atomic E-state index is 0.0907. The molecule has 2 aromatic rings. The Morgan fingerprint density at radius 2 is 1.96 bits per heavy atom. The average Bonchev–Trinajstić information content (AvgIpc) is 2.69. The number of aromatic nitrogens is 1. The number of rotatable bonds is 7. The molecule has 1 aromatic carbocycles. The van der Waals surface area contributed by atoms with Gasteiger partial charge in [0.15, 0.2) is 0 Å². The van der Waals surface area contributed by atoms with E-state index in [1.807, 2.05) is 18.2 Å². The maximum atomic E-state index is 12.4. The van der Waals surface area contributed by atoms with E-state index in [1.54, 1.807) is 6.20 Å². The van der Waals surface area contributed by atoms with E-state index >= 15 is 0 Å². The van der Waals surface area contributed by atoms with Crippen LogP contribution < -0.4 is 10.2 Å². The number of hydrogen-bond donors (Lipinski definition) is 1. The van der Waals surface area contributed by atoms with Crippen LogP contribution in [-0.4, -0.2) is 49.0 Å². The van der Waals surface area contributed by atoms with Gasteiger partial charge in [0.2, 0.25) is 5.91 Å². The predicted octanol–water partition coefficient (Wildman–Crippen LogP) is 3.20. The van der Waals surface area contributed by atoms with E-state index in [2.05, 4.69) is 51.4 Å². The molecular weight excluding hydrogens is 360 g/mol. The van der Waals surface area contributed by atoms with E-state index in [9.17, 15) is 4.79 Å².